The van der Waals surface area contributed by atoms with E-state index < -0.39 is 0 Å². The smallest absolute Gasteiger partial charge is 0.0607 e. The van der Waals surface area contributed by atoms with Gasteiger partial charge in [0.15, 0.2) is 0 Å². The summed E-state index contributed by atoms with van der Waals surface area (Å²) in [5.74, 6) is 1.83. The van der Waals surface area contributed by atoms with Crippen molar-refractivity contribution in [1.29, 1.82) is 0 Å². The largest absolute Gasteiger partial charge is 0.308 e. The Kier molecular flexibility index (Phi) is 6.71. The van der Waals surface area contributed by atoms with Crippen molar-refractivity contribution in [3.63, 3.8) is 0 Å². The van der Waals surface area contributed by atoms with E-state index >= 15 is 0 Å². The van der Waals surface area contributed by atoms with Crippen LogP contribution in [-0.2, 0) is 19.4 Å². The molecule has 2 heterocycles. The quantitative estimate of drug-likeness (QED) is 0.654. The minimum atomic E-state index is 0.493. The van der Waals surface area contributed by atoms with E-state index in [1.165, 1.54) is 80.3 Å². The van der Waals surface area contributed by atoms with Crippen molar-refractivity contribution in [2.45, 2.75) is 83.3 Å². The van der Waals surface area contributed by atoms with Crippen LogP contribution in [-0.4, -0.2) is 29.0 Å². The number of rotatable bonds is 6. The first kappa shape index (κ1) is 21.2. The second-order valence-corrected chi connectivity index (χ2v) is 10.3. The van der Waals surface area contributed by atoms with Crippen LogP contribution in [0.15, 0.2) is 42.6 Å². The Morgan fingerprint density at radius 1 is 0.903 bits per heavy atom. The van der Waals surface area contributed by atoms with E-state index in [0.29, 0.717) is 12.1 Å². The summed E-state index contributed by atoms with van der Waals surface area (Å²) in [4.78, 5) is 7.75. The van der Waals surface area contributed by atoms with Gasteiger partial charge in [0.05, 0.1) is 11.7 Å². The molecule has 0 radical (unpaired) electrons. The molecule has 31 heavy (non-hydrogen) atoms. The highest BCUT2D eigenvalue weighted by molar-refractivity contribution is 5.30. The van der Waals surface area contributed by atoms with Gasteiger partial charge in [0.2, 0.25) is 0 Å². The number of hydrogen-bond donors (Lipinski definition) is 1. The fraction of sp³-hybridized carbons (Fsp3) is 0.607. The molecule has 3 heteroatoms. The zero-order chi connectivity index (χ0) is 21.0. The summed E-state index contributed by atoms with van der Waals surface area (Å²) in [7, 11) is 0. The molecule has 1 aliphatic heterocycles. The zero-order valence-electron chi connectivity index (χ0n) is 19.2. The Hall–Kier alpha value is -1.71. The van der Waals surface area contributed by atoms with Crippen molar-refractivity contribution in [3.8, 4) is 0 Å². The number of benzene rings is 1. The maximum Gasteiger partial charge on any atom is 0.0607 e. The molecule has 3 aliphatic rings. The number of aryl methyl sites for hydroxylation is 1. The first-order chi connectivity index (χ1) is 15.3. The molecule has 0 spiro atoms. The van der Waals surface area contributed by atoms with Crippen molar-refractivity contribution >= 4 is 0 Å². The third-order valence-electron chi connectivity index (χ3n) is 8.26. The van der Waals surface area contributed by atoms with Gasteiger partial charge >= 0.3 is 0 Å². The minimum absolute atomic E-state index is 0.493. The molecule has 5 rings (SSSR count). The summed E-state index contributed by atoms with van der Waals surface area (Å²) >= 11 is 0. The second kappa shape index (κ2) is 9.83. The van der Waals surface area contributed by atoms with Crippen LogP contribution in [0.4, 0.5) is 0 Å². The maximum absolute atomic E-state index is 4.91. The van der Waals surface area contributed by atoms with Gasteiger partial charge in [-0.3, -0.25) is 9.88 Å². The molecule has 1 aromatic heterocycles. The molecular weight excluding hydrogens is 378 g/mol. The fourth-order valence-electron chi connectivity index (χ4n) is 6.36. The lowest BCUT2D eigenvalue weighted by atomic mass is 9.80. The fourth-order valence-corrected chi connectivity index (χ4v) is 6.36. The van der Waals surface area contributed by atoms with Gasteiger partial charge in [0.1, 0.15) is 0 Å². The average molecular weight is 418 g/mol. The summed E-state index contributed by atoms with van der Waals surface area (Å²) in [5, 5.41) is 3.86. The van der Waals surface area contributed by atoms with Gasteiger partial charge in [-0.1, -0.05) is 56.5 Å². The molecule has 1 fully saturated rings. The lowest BCUT2D eigenvalue weighted by Crippen LogP contribution is -2.48. The van der Waals surface area contributed by atoms with Crippen molar-refractivity contribution in [3.05, 3.63) is 65.0 Å². The molecule has 2 atom stereocenters. The lowest BCUT2D eigenvalue weighted by Gasteiger charge is -2.41. The maximum atomic E-state index is 4.91. The number of aromatic nitrogens is 1. The first-order valence-corrected chi connectivity index (χ1v) is 12.8. The molecule has 0 bridgehead atoms. The van der Waals surface area contributed by atoms with Gasteiger partial charge in [-0.2, -0.15) is 0 Å². The van der Waals surface area contributed by atoms with Gasteiger partial charge < -0.3 is 5.32 Å². The van der Waals surface area contributed by atoms with Gasteiger partial charge in [0, 0.05) is 31.9 Å². The molecule has 2 aliphatic carbocycles. The predicted octanol–water partition coefficient (Wildman–Crippen LogP) is 5.69. The van der Waals surface area contributed by atoms with Crippen LogP contribution in [0.2, 0.25) is 0 Å². The van der Waals surface area contributed by atoms with E-state index in [1.54, 1.807) is 0 Å². The molecule has 2 aromatic rings. The standard InChI is InChI=1S/C28H39N3/c1-2-21-12-14-22(15-13-21)19-31(27-11-5-9-23-10-6-16-29-28(23)27)20-26-17-24-7-3-4-8-25(24)18-30-26/h3-4,6-8,10,16,21-22,26-27,30H,2,5,9,11-15,17-20H2,1H3/t21?,22?,26-,27?/m1/s1. The van der Waals surface area contributed by atoms with Crippen molar-refractivity contribution in [2.24, 2.45) is 11.8 Å². The topological polar surface area (TPSA) is 28.2 Å². The number of nitrogens with zero attached hydrogens (tertiary/aromatic N) is 2. The molecule has 166 valence electrons. The summed E-state index contributed by atoms with van der Waals surface area (Å²) in [6.07, 6.45) is 14.0. The number of pyridine rings is 1. The van der Waals surface area contributed by atoms with Crippen molar-refractivity contribution in [2.75, 3.05) is 13.1 Å². The molecule has 0 saturated heterocycles. The van der Waals surface area contributed by atoms with E-state index in [-0.39, 0.29) is 0 Å². The molecule has 0 amide bonds. The Labute approximate surface area is 188 Å². The van der Waals surface area contributed by atoms with Crippen LogP contribution in [0, 0.1) is 11.8 Å². The Bertz CT molecular complexity index is 855. The minimum Gasteiger partial charge on any atom is -0.308 e. The molecule has 1 aromatic carbocycles. The van der Waals surface area contributed by atoms with Gasteiger partial charge in [0.25, 0.3) is 0 Å². The van der Waals surface area contributed by atoms with Crippen LogP contribution in [0.1, 0.15) is 80.3 Å². The molecule has 1 N–H and O–H groups in total. The summed E-state index contributed by atoms with van der Waals surface area (Å²) in [5.41, 5.74) is 5.87. The van der Waals surface area contributed by atoms with Crippen molar-refractivity contribution < 1.29 is 0 Å². The van der Waals surface area contributed by atoms with Gasteiger partial charge in [-0.15, -0.1) is 0 Å². The SMILES string of the molecule is CCC1CCC(CN(C[C@H]2Cc3ccccc3CN2)C2CCCc3cccnc32)CC1. The van der Waals surface area contributed by atoms with Crippen LogP contribution in [0.3, 0.4) is 0 Å². The van der Waals surface area contributed by atoms with Crippen LogP contribution >= 0.6 is 0 Å². The molecule has 3 nitrogen and oxygen atoms in total. The monoisotopic (exact) mass is 417 g/mol. The lowest BCUT2D eigenvalue weighted by molar-refractivity contribution is 0.110. The summed E-state index contributed by atoms with van der Waals surface area (Å²) in [6.45, 7) is 5.77. The Morgan fingerprint density at radius 2 is 1.68 bits per heavy atom. The number of nitrogens with one attached hydrogen (secondary N) is 1. The van der Waals surface area contributed by atoms with Crippen LogP contribution in [0.25, 0.3) is 0 Å². The number of hydrogen-bond acceptors (Lipinski definition) is 3. The highest BCUT2D eigenvalue weighted by atomic mass is 15.2. The first-order valence-electron chi connectivity index (χ1n) is 12.8. The van der Waals surface area contributed by atoms with E-state index in [1.807, 2.05) is 6.20 Å². The normalized spacial score (nSPS) is 28.2. The average Bonchev–Trinajstić information content (AvgIpc) is 2.83. The van der Waals surface area contributed by atoms with Crippen LogP contribution < -0.4 is 5.32 Å². The van der Waals surface area contributed by atoms with E-state index in [4.69, 9.17) is 4.98 Å². The predicted molar refractivity (Wildman–Crippen MR) is 128 cm³/mol. The van der Waals surface area contributed by atoms with E-state index in [0.717, 1.165) is 31.3 Å². The second-order valence-electron chi connectivity index (χ2n) is 10.3. The Balaban J connectivity index is 1.34. The zero-order valence-corrected chi connectivity index (χ0v) is 19.2. The van der Waals surface area contributed by atoms with E-state index in [9.17, 15) is 0 Å². The molecule has 1 unspecified atom stereocenters. The Morgan fingerprint density at radius 3 is 2.52 bits per heavy atom. The molecular formula is C28H39N3. The van der Waals surface area contributed by atoms with Crippen molar-refractivity contribution in [1.82, 2.24) is 15.2 Å². The van der Waals surface area contributed by atoms with E-state index in [2.05, 4.69) is 53.5 Å². The third-order valence-corrected chi connectivity index (χ3v) is 8.26. The molecule has 1 saturated carbocycles. The summed E-state index contributed by atoms with van der Waals surface area (Å²) < 4.78 is 0. The van der Waals surface area contributed by atoms with Gasteiger partial charge in [-0.25, -0.2) is 0 Å². The third kappa shape index (κ3) is 4.88. The number of fused-ring (bicyclic) bond motifs is 2. The highest BCUT2D eigenvalue weighted by Crippen LogP contribution is 2.37. The summed E-state index contributed by atoms with van der Waals surface area (Å²) in [6, 6.07) is 14.5. The van der Waals surface area contributed by atoms with Crippen LogP contribution in [0.5, 0.6) is 0 Å². The highest BCUT2D eigenvalue weighted by Gasteiger charge is 2.32. The van der Waals surface area contributed by atoms with Gasteiger partial charge in [-0.05, 0) is 73.1 Å².